The predicted octanol–water partition coefficient (Wildman–Crippen LogP) is 2.27. The number of ether oxygens (including phenoxy) is 2. The number of aryl methyl sites for hydroxylation is 1. The van der Waals surface area contributed by atoms with Crippen LogP contribution in [-0.4, -0.2) is 26.8 Å². The van der Waals surface area contributed by atoms with Gasteiger partial charge in [-0.05, 0) is 18.6 Å². The molecule has 130 valence electrons. The van der Waals surface area contributed by atoms with Gasteiger partial charge in [-0.1, -0.05) is 18.5 Å². The van der Waals surface area contributed by atoms with Crippen molar-refractivity contribution in [3.05, 3.63) is 35.7 Å². The topological polar surface area (TPSA) is 90.7 Å². The van der Waals surface area contributed by atoms with Crippen LogP contribution in [0.5, 0.6) is 11.5 Å². The molecular formula is C16H20N2O5S. The Morgan fingerprint density at radius 2 is 1.96 bits per heavy atom. The number of rotatable bonds is 6. The van der Waals surface area contributed by atoms with Crippen molar-refractivity contribution in [3.63, 3.8) is 0 Å². The second kappa shape index (κ2) is 7.23. The van der Waals surface area contributed by atoms with Gasteiger partial charge in [0.2, 0.25) is 10.0 Å². The maximum atomic E-state index is 12.4. The number of benzene rings is 1. The lowest BCUT2D eigenvalue weighted by Gasteiger charge is -2.10. The maximum Gasteiger partial charge on any atom is 0.241 e. The first-order chi connectivity index (χ1) is 11.6. The summed E-state index contributed by atoms with van der Waals surface area (Å²) in [5.41, 5.74) is 0.822. The molecule has 2 aromatic rings. The van der Waals surface area contributed by atoms with E-state index in [-0.39, 0.29) is 11.4 Å². The van der Waals surface area contributed by atoms with E-state index in [1.165, 1.54) is 12.1 Å². The Morgan fingerprint density at radius 1 is 1.17 bits per heavy atom. The second-order valence-electron chi connectivity index (χ2n) is 5.52. The summed E-state index contributed by atoms with van der Waals surface area (Å²) in [7, 11) is -3.68. The van der Waals surface area contributed by atoms with Gasteiger partial charge < -0.3 is 14.0 Å². The Balaban J connectivity index is 1.71. The summed E-state index contributed by atoms with van der Waals surface area (Å²) in [5, 5.41) is 3.90. The maximum absolute atomic E-state index is 12.4. The van der Waals surface area contributed by atoms with E-state index >= 15 is 0 Å². The Morgan fingerprint density at radius 3 is 2.75 bits per heavy atom. The lowest BCUT2D eigenvalue weighted by atomic mass is 10.2. The van der Waals surface area contributed by atoms with Crippen LogP contribution in [0, 0.1) is 0 Å². The average molecular weight is 352 g/mol. The molecule has 1 N–H and O–H groups in total. The van der Waals surface area contributed by atoms with Gasteiger partial charge in [-0.25, -0.2) is 13.1 Å². The van der Waals surface area contributed by atoms with Gasteiger partial charge in [-0.15, -0.1) is 0 Å². The van der Waals surface area contributed by atoms with E-state index in [1.54, 1.807) is 12.1 Å². The van der Waals surface area contributed by atoms with Crippen LogP contribution in [-0.2, 0) is 23.0 Å². The normalized spacial score (nSPS) is 14.4. The van der Waals surface area contributed by atoms with Crippen LogP contribution in [0.2, 0.25) is 0 Å². The highest BCUT2D eigenvalue weighted by molar-refractivity contribution is 7.89. The smallest absolute Gasteiger partial charge is 0.241 e. The molecule has 7 nitrogen and oxygen atoms in total. The predicted molar refractivity (Wildman–Crippen MR) is 86.6 cm³/mol. The SMILES string of the molecule is CCCc1cc(CNS(=O)(=O)c2ccc3c(c2)OCCCO3)on1. The van der Waals surface area contributed by atoms with E-state index in [4.69, 9.17) is 14.0 Å². The summed E-state index contributed by atoms with van der Waals surface area (Å²) in [5.74, 6) is 1.49. The molecule has 0 amide bonds. The minimum Gasteiger partial charge on any atom is -0.490 e. The van der Waals surface area contributed by atoms with Crippen LogP contribution in [0.1, 0.15) is 31.2 Å². The van der Waals surface area contributed by atoms with Crippen LogP contribution in [0.25, 0.3) is 0 Å². The van der Waals surface area contributed by atoms with Crippen LogP contribution < -0.4 is 14.2 Å². The van der Waals surface area contributed by atoms with Crippen molar-refractivity contribution in [3.8, 4) is 11.5 Å². The minimum absolute atomic E-state index is 0.0491. The van der Waals surface area contributed by atoms with E-state index < -0.39 is 10.0 Å². The molecule has 1 aliphatic rings. The van der Waals surface area contributed by atoms with Gasteiger partial charge >= 0.3 is 0 Å². The lowest BCUT2D eigenvalue weighted by Crippen LogP contribution is -2.23. The molecule has 0 unspecified atom stereocenters. The Kier molecular flexibility index (Phi) is 5.06. The van der Waals surface area contributed by atoms with Gasteiger partial charge in [0.25, 0.3) is 0 Å². The highest BCUT2D eigenvalue weighted by Crippen LogP contribution is 2.31. The van der Waals surface area contributed by atoms with E-state index in [9.17, 15) is 8.42 Å². The zero-order chi connectivity index (χ0) is 17.0. The number of nitrogens with zero attached hydrogens (tertiary/aromatic N) is 1. The third-order valence-corrected chi connectivity index (χ3v) is 4.98. The van der Waals surface area contributed by atoms with E-state index in [0.29, 0.717) is 30.5 Å². The van der Waals surface area contributed by atoms with Crippen LogP contribution in [0.15, 0.2) is 33.7 Å². The fraction of sp³-hybridized carbons (Fsp3) is 0.438. The second-order valence-corrected chi connectivity index (χ2v) is 7.29. The third-order valence-electron chi connectivity index (χ3n) is 3.58. The lowest BCUT2D eigenvalue weighted by molar-refractivity contribution is 0.297. The van der Waals surface area contributed by atoms with Crippen LogP contribution >= 0.6 is 0 Å². The molecule has 0 aliphatic carbocycles. The van der Waals surface area contributed by atoms with E-state index in [1.807, 2.05) is 6.92 Å². The Labute approximate surface area is 141 Å². The first-order valence-corrected chi connectivity index (χ1v) is 9.40. The number of sulfonamides is 1. The molecule has 0 saturated heterocycles. The fourth-order valence-corrected chi connectivity index (χ4v) is 3.38. The minimum atomic E-state index is -3.68. The fourth-order valence-electron chi connectivity index (χ4n) is 2.37. The van der Waals surface area contributed by atoms with Crippen molar-refractivity contribution in [2.45, 2.75) is 37.6 Å². The molecule has 2 heterocycles. The number of nitrogens with one attached hydrogen (secondary N) is 1. The monoisotopic (exact) mass is 352 g/mol. The highest BCUT2D eigenvalue weighted by atomic mass is 32.2. The summed E-state index contributed by atoms with van der Waals surface area (Å²) in [6, 6.07) is 6.35. The number of aromatic nitrogens is 1. The van der Waals surface area contributed by atoms with Crippen LogP contribution in [0.3, 0.4) is 0 Å². The van der Waals surface area contributed by atoms with Gasteiger partial charge in [0.05, 0.1) is 30.3 Å². The largest absolute Gasteiger partial charge is 0.490 e. The van der Waals surface area contributed by atoms with E-state index in [0.717, 1.165) is 25.0 Å². The molecule has 8 heteroatoms. The first kappa shape index (κ1) is 16.8. The summed E-state index contributed by atoms with van der Waals surface area (Å²) in [4.78, 5) is 0.125. The molecule has 0 fully saturated rings. The van der Waals surface area contributed by atoms with Crippen molar-refractivity contribution in [2.75, 3.05) is 13.2 Å². The van der Waals surface area contributed by atoms with Crippen molar-refractivity contribution in [1.82, 2.24) is 9.88 Å². The number of hydrogen-bond acceptors (Lipinski definition) is 6. The van der Waals surface area contributed by atoms with Gasteiger partial charge in [-0.2, -0.15) is 0 Å². The van der Waals surface area contributed by atoms with Crippen molar-refractivity contribution >= 4 is 10.0 Å². The molecule has 0 saturated carbocycles. The third kappa shape index (κ3) is 3.88. The van der Waals surface area contributed by atoms with E-state index in [2.05, 4.69) is 9.88 Å². The highest BCUT2D eigenvalue weighted by Gasteiger charge is 2.19. The van der Waals surface area contributed by atoms with Crippen LogP contribution in [0.4, 0.5) is 0 Å². The van der Waals surface area contributed by atoms with Gasteiger partial charge in [0.15, 0.2) is 17.3 Å². The zero-order valence-electron chi connectivity index (χ0n) is 13.4. The van der Waals surface area contributed by atoms with Crippen molar-refractivity contribution in [1.29, 1.82) is 0 Å². The Bertz CT molecular complexity index is 801. The molecule has 1 aromatic carbocycles. The van der Waals surface area contributed by atoms with Gasteiger partial charge in [0, 0.05) is 18.6 Å². The first-order valence-electron chi connectivity index (χ1n) is 7.92. The molecule has 0 spiro atoms. The summed E-state index contributed by atoms with van der Waals surface area (Å²) in [6.45, 7) is 3.15. The van der Waals surface area contributed by atoms with Crippen molar-refractivity contribution < 1.29 is 22.4 Å². The summed E-state index contributed by atoms with van der Waals surface area (Å²) < 4.78 is 43.6. The van der Waals surface area contributed by atoms with Gasteiger partial charge in [0.1, 0.15) is 0 Å². The molecule has 0 bridgehead atoms. The quantitative estimate of drug-likeness (QED) is 0.857. The van der Waals surface area contributed by atoms with Gasteiger partial charge in [-0.3, -0.25) is 0 Å². The molecule has 0 atom stereocenters. The number of fused-ring (bicyclic) bond motifs is 1. The Hall–Kier alpha value is -2.06. The molecule has 3 rings (SSSR count). The van der Waals surface area contributed by atoms with Crippen molar-refractivity contribution in [2.24, 2.45) is 0 Å². The molecule has 0 radical (unpaired) electrons. The zero-order valence-corrected chi connectivity index (χ0v) is 14.3. The molecule has 24 heavy (non-hydrogen) atoms. The molecule has 1 aromatic heterocycles. The standard InChI is InChI=1S/C16H20N2O5S/c1-2-4-12-9-13(23-18-12)11-17-24(19,20)14-5-6-15-16(10-14)22-8-3-7-21-15/h5-6,9-10,17H,2-4,7-8,11H2,1H3. The molecule has 1 aliphatic heterocycles. The number of hydrogen-bond donors (Lipinski definition) is 1. The average Bonchev–Trinajstić information content (AvgIpc) is 2.88. The summed E-state index contributed by atoms with van der Waals surface area (Å²) in [6.07, 6.45) is 2.52. The molecular weight excluding hydrogens is 332 g/mol. The summed E-state index contributed by atoms with van der Waals surface area (Å²) >= 11 is 0.